The van der Waals surface area contributed by atoms with Crippen LogP contribution in [0.4, 0.5) is 0 Å². The van der Waals surface area contributed by atoms with E-state index < -0.39 is 5.97 Å². The van der Waals surface area contributed by atoms with E-state index in [1.165, 1.54) is 6.08 Å². The van der Waals surface area contributed by atoms with E-state index in [2.05, 4.69) is 10.2 Å². The van der Waals surface area contributed by atoms with E-state index in [0.29, 0.717) is 17.9 Å². The molecule has 5 heteroatoms. The van der Waals surface area contributed by atoms with E-state index in [4.69, 9.17) is 4.74 Å². The van der Waals surface area contributed by atoms with Crippen molar-refractivity contribution in [2.75, 3.05) is 6.61 Å². The lowest BCUT2D eigenvalue weighted by atomic mass is 10.1. The van der Waals surface area contributed by atoms with Crippen LogP contribution in [0.1, 0.15) is 23.0 Å². The van der Waals surface area contributed by atoms with Crippen molar-refractivity contribution in [2.45, 2.75) is 6.92 Å². The molecule has 0 aliphatic rings. The van der Waals surface area contributed by atoms with Crippen LogP contribution in [0.2, 0.25) is 0 Å². The van der Waals surface area contributed by atoms with Crippen LogP contribution in [0.3, 0.4) is 0 Å². The van der Waals surface area contributed by atoms with Gasteiger partial charge in [-0.15, -0.1) is 0 Å². The summed E-state index contributed by atoms with van der Waals surface area (Å²) in [4.78, 5) is 21.8. The summed E-state index contributed by atoms with van der Waals surface area (Å²) in [6, 6.07) is 5.19. The SMILES string of the molecule is CCOC(=O)C=Cc1n[nH]c2cc(C=O)ccc12. The van der Waals surface area contributed by atoms with Gasteiger partial charge in [-0.25, -0.2) is 4.79 Å². The number of aldehydes is 1. The van der Waals surface area contributed by atoms with Gasteiger partial charge in [-0.2, -0.15) is 5.10 Å². The number of H-pyrrole nitrogens is 1. The highest BCUT2D eigenvalue weighted by Gasteiger charge is 2.04. The monoisotopic (exact) mass is 244 g/mol. The lowest BCUT2D eigenvalue weighted by Gasteiger charge is -1.94. The third-order valence-electron chi connectivity index (χ3n) is 2.42. The summed E-state index contributed by atoms with van der Waals surface area (Å²) in [7, 11) is 0. The van der Waals surface area contributed by atoms with Gasteiger partial charge in [-0.05, 0) is 25.1 Å². The van der Waals surface area contributed by atoms with E-state index in [1.54, 1.807) is 31.2 Å². The average molecular weight is 244 g/mol. The molecule has 0 aliphatic carbocycles. The van der Waals surface area contributed by atoms with Gasteiger partial charge >= 0.3 is 5.97 Å². The molecule has 2 aromatic rings. The van der Waals surface area contributed by atoms with Crippen LogP contribution in [0, 0.1) is 0 Å². The van der Waals surface area contributed by atoms with Crippen molar-refractivity contribution < 1.29 is 14.3 Å². The van der Waals surface area contributed by atoms with Crippen molar-refractivity contribution in [3.63, 3.8) is 0 Å². The molecule has 92 valence electrons. The Morgan fingerprint density at radius 3 is 3.06 bits per heavy atom. The average Bonchev–Trinajstić information content (AvgIpc) is 2.78. The molecule has 0 radical (unpaired) electrons. The van der Waals surface area contributed by atoms with Gasteiger partial charge < -0.3 is 4.74 Å². The second-order valence-electron chi connectivity index (χ2n) is 3.62. The second kappa shape index (κ2) is 5.27. The van der Waals surface area contributed by atoms with E-state index in [1.807, 2.05) is 0 Å². The normalized spacial score (nSPS) is 10.9. The predicted molar refractivity (Wildman–Crippen MR) is 67.1 cm³/mol. The predicted octanol–water partition coefficient (Wildman–Crippen LogP) is 1.95. The summed E-state index contributed by atoms with van der Waals surface area (Å²) in [6.45, 7) is 2.09. The third-order valence-corrected chi connectivity index (χ3v) is 2.42. The minimum absolute atomic E-state index is 0.340. The zero-order valence-electron chi connectivity index (χ0n) is 9.84. The van der Waals surface area contributed by atoms with Crippen LogP contribution in [0.15, 0.2) is 24.3 Å². The van der Waals surface area contributed by atoms with Crippen molar-refractivity contribution in [1.82, 2.24) is 10.2 Å². The summed E-state index contributed by atoms with van der Waals surface area (Å²) in [6.07, 6.45) is 3.68. The number of hydrogen-bond donors (Lipinski definition) is 1. The van der Waals surface area contributed by atoms with Crippen LogP contribution in [-0.4, -0.2) is 29.1 Å². The zero-order valence-corrected chi connectivity index (χ0v) is 9.84. The maximum absolute atomic E-state index is 11.2. The van der Waals surface area contributed by atoms with Crippen molar-refractivity contribution in [3.8, 4) is 0 Å². The fourth-order valence-corrected chi connectivity index (χ4v) is 1.60. The number of esters is 1. The molecule has 0 saturated carbocycles. The Hall–Kier alpha value is -2.43. The molecule has 1 aromatic heterocycles. The van der Waals surface area contributed by atoms with Crippen molar-refractivity contribution in [2.24, 2.45) is 0 Å². The summed E-state index contributed by atoms with van der Waals surface area (Å²) >= 11 is 0. The van der Waals surface area contributed by atoms with E-state index in [0.717, 1.165) is 17.2 Å². The molecule has 1 aromatic carbocycles. The smallest absolute Gasteiger partial charge is 0.330 e. The second-order valence-corrected chi connectivity index (χ2v) is 3.62. The Bertz CT molecular complexity index is 614. The molecule has 0 fully saturated rings. The highest BCUT2D eigenvalue weighted by Crippen LogP contribution is 2.17. The molecule has 18 heavy (non-hydrogen) atoms. The van der Waals surface area contributed by atoms with Crippen LogP contribution < -0.4 is 0 Å². The maximum Gasteiger partial charge on any atom is 0.330 e. The van der Waals surface area contributed by atoms with E-state index in [-0.39, 0.29) is 0 Å². The number of carbonyl (C=O) groups is 2. The molecule has 1 N–H and O–H groups in total. The number of nitrogens with one attached hydrogen (secondary N) is 1. The number of aromatic nitrogens is 2. The molecule has 0 aliphatic heterocycles. The van der Waals surface area contributed by atoms with Crippen LogP contribution in [0.25, 0.3) is 17.0 Å². The van der Waals surface area contributed by atoms with Crippen LogP contribution in [-0.2, 0) is 9.53 Å². The molecule has 0 saturated heterocycles. The fourth-order valence-electron chi connectivity index (χ4n) is 1.60. The number of rotatable bonds is 4. The number of hydrogen-bond acceptors (Lipinski definition) is 4. The number of aromatic amines is 1. The molecular formula is C13H12N2O3. The Kier molecular flexibility index (Phi) is 3.52. The molecule has 0 spiro atoms. The Morgan fingerprint density at radius 2 is 2.33 bits per heavy atom. The van der Waals surface area contributed by atoms with E-state index >= 15 is 0 Å². The number of fused-ring (bicyclic) bond motifs is 1. The van der Waals surface area contributed by atoms with Gasteiger partial charge in [0, 0.05) is 17.0 Å². The molecule has 0 atom stereocenters. The third kappa shape index (κ3) is 2.45. The first kappa shape index (κ1) is 12.0. The van der Waals surface area contributed by atoms with Gasteiger partial charge in [0.1, 0.15) is 6.29 Å². The Morgan fingerprint density at radius 1 is 1.50 bits per heavy atom. The lowest BCUT2D eigenvalue weighted by molar-refractivity contribution is -0.137. The van der Waals surface area contributed by atoms with Crippen molar-refractivity contribution in [1.29, 1.82) is 0 Å². The molecule has 0 amide bonds. The highest BCUT2D eigenvalue weighted by molar-refractivity contribution is 5.94. The minimum Gasteiger partial charge on any atom is -0.463 e. The van der Waals surface area contributed by atoms with Crippen molar-refractivity contribution >= 4 is 29.2 Å². The topological polar surface area (TPSA) is 72.0 Å². The summed E-state index contributed by atoms with van der Waals surface area (Å²) in [5.41, 5.74) is 1.96. The first-order chi connectivity index (χ1) is 8.74. The number of carbonyl (C=O) groups excluding carboxylic acids is 2. The largest absolute Gasteiger partial charge is 0.463 e. The quantitative estimate of drug-likeness (QED) is 0.507. The fraction of sp³-hybridized carbons (Fsp3) is 0.154. The van der Waals surface area contributed by atoms with Crippen molar-refractivity contribution in [3.05, 3.63) is 35.5 Å². The molecule has 1 heterocycles. The van der Waals surface area contributed by atoms with Gasteiger partial charge in [0.2, 0.25) is 0 Å². The number of nitrogens with zero attached hydrogens (tertiary/aromatic N) is 1. The molecular weight excluding hydrogens is 232 g/mol. The number of benzene rings is 1. The molecule has 5 nitrogen and oxygen atoms in total. The summed E-state index contributed by atoms with van der Waals surface area (Å²) in [5, 5.41) is 7.72. The first-order valence-corrected chi connectivity index (χ1v) is 5.52. The lowest BCUT2D eigenvalue weighted by Crippen LogP contribution is -1.98. The van der Waals surface area contributed by atoms with Gasteiger partial charge in [0.05, 0.1) is 17.8 Å². The minimum atomic E-state index is -0.404. The van der Waals surface area contributed by atoms with Gasteiger partial charge in [0.15, 0.2) is 0 Å². The molecule has 0 bridgehead atoms. The summed E-state index contributed by atoms with van der Waals surface area (Å²) < 4.78 is 4.78. The van der Waals surface area contributed by atoms with Crippen LogP contribution >= 0.6 is 0 Å². The summed E-state index contributed by atoms with van der Waals surface area (Å²) in [5.74, 6) is -0.404. The van der Waals surface area contributed by atoms with Gasteiger partial charge in [-0.3, -0.25) is 9.89 Å². The first-order valence-electron chi connectivity index (χ1n) is 5.52. The maximum atomic E-state index is 11.2. The molecule has 0 unspecified atom stereocenters. The Labute approximate surface area is 103 Å². The molecule has 2 rings (SSSR count). The van der Waals surface area contributed by atoms with E-state index in [9.17, 15) is 9.59 Å². The highest BCUT2D eigenvalue weighted by atomic mass is 16.5. The van der Waals surface area contributed by atoms with Gasteiger partial charge in [0.25, 0.3) is 0 Å². The van der Waals surface area contributed by atoms with Gasteiger partial charge in [-0.1, -0.05) is 6.07 Å². The Balaban J connectivity index is 2.29. The van der Waals surface area contributed by atoms with Crippen LogP contribution in [0.5, 0.6) is 0 Å². The number of ether oxygens (including phenoxy) is 1. The standard InChI is InChI=1S/C13H12N2O3/c1-2-18-13(17)6-5-11-10-4-3-9(8-16)7-12(10)15-14-11/h3-8H,2H2,1H3,(H,14,15). The zero-order chi connectivity index (χ0) is 13.0.